The predicted molar refractivity (Wildman–Crippen MR) is 72.3 cm³/mol. The second-order valence-electron chi connectivity index (χ2n) is 3.97. The Balaban J connectivity index is 2.09. The van der Waals surface area contributed by atoms with Crippen LogP contribution in [-0.2, 0) is 4.74 Å². The van der Waals surface area contributed by atoms with Crippen LogP contribution in [0.25, 0.3) is 0 Å². The molecular formula is C13H20ClNO3. The Labute approximate surface area is 113 Å². The van der Waals surface area contributed by atoms with Gasteiger partial charge in [-0.2, -0.15) is 0 Å². The summed E-state index contributed by atoms with van der Waals surface area (Å²) in [5, 5.41) is 13.5. The van der Waals surface area contributed by atoms with Gasteiger partial charge in [-0.1, -0.05) is 11.6 Å². The highest BCUT2D eigenvalue weighted by molar-refractivity contribution is 6.30. The summed E-state index contributed by atoms with van der Waals surface area (Å²) in [6.45, 7) is 2.33. The van der Waals surface area contributed by atoms with Crippen molar-refractivity contribution >= 4 is 11.6 Å². The van der Waals surface area contributed by atoms with E-state index >= 15 is 0 Å². The fourth-order valence-corrected chi connectivity index (χ4v) is 1.52. The van der Waals surface area contributed by atoms with Gasteiger partial charge in [0.05, 0.1) is 0 Å². The van der Waals surface area contributed by atoms with Gasteiger partial charge in [-0.05, 0) is 37.2 Å². The Bertz CT molecular complexity index is 319. The number of benzene rings is 1. The Morgan fingerprint density at radius 2 is 2.06 bits per heavy atom. The second kappa shape index (κ2) is 9.16. The standard InChI is InChI=1S/C13H20ClNO3/c1-17-8-2-7-15-9-12(16)10-18-13-5-3-11(14)4-6-13/h3-6,12,15-16H,2,7-10H2,1H3. The van der Waals surface area contributed by atoms with E-state index in [-0.39, 0.29) is 6.61 Å². The number of aliphatic hydroxyl groups excluding tert-OH is 1. The van der Waals surface area contributed by atoms with E-state index in [1.54, 1.807) is 31.4 Å². The van der Waals surface area contributed by atoms with Crippen LogP contribution in [0.3, 0.4) is 0 Å². The molecule has 0 aliphatic carbocycles. The van der Waals surface area contributed by atoms with E-state index in [9.17, 15) is 5.11 Å². The first-order valence-electron chi connectivity index (χ1n) is 5.98. The van der Waals surface area contributed by atoms with Crippen molar-refractivity contribution in [3.63, 3.8) is 0 Å². The summed E-state index contributed by atoms with van der Waals surface area (Å²) < 4.78 is 10.4. The Hall–Kier alpha value is -0.810. The lowest BCUT2D eigenvalue weighted by Crippen LogP contribution is -2.32. The number of rotatable bonds is 9. The minimum Gasteiger partial charge on any atom is -0.491 e. The summed E-state index contributed by atoms with van der Waals surface area (Å²) >= 11 is 5.76. The first kappa shape index (κ1) is 15.2. The van der Waals surface area contributed by atoms with Crippen LogP contribution in [0.4, 0.5) is 0 Å². The predicted octanol–water partition coefficient (Wildman–Crippen LogP) is 1.71. The summed E-state index contributed by atoms with van der Waals surface area (Å²) in [7, 11) is 1.68. The molecule has 0 radical (unpaired) electrons. The number of hydrogen-bond acceptors (Lipinski definition) is 4. The van der Waals surface area contributed by atoms with Gasteiger partial charge in [0.1, 0.15) is 18.5 Å². The molecule has 1 aromatic carbocycles. The Kier molecular flexibility index (Phi) is 7.76. The summed E-state index contributed by atoms with van der Waals surface area (Å²) in [4.78, 5) is 0. The Morgan fingerprint density at radius 3 is 2.72 bits per heavy atom. The molecule has 1 unspecified atom stereocenters. The first-order chi connectivity index (χ1) is 8.72. The molecule has 102 valence electrons. The van der Waals surface area contributed by atoms with E-state index < -0.39 is 6.10 Å². The van der Waals surface area contributed by atoms with E-state index in [2.05, 4.69) is 5.32 Å². The highest BCUT2D eigenvalue weighted by Crippen LogP contribution is 2.15. The minimum atomic E-state index is -0.525. The lowest BCUT2D eigenvalue weighted by Gasteiger charge is -2.13. The molecule has 1 rings (SSSR count). The topological polar surface area (TPSA) is 50.7 Å². The molecule has 18 heavy (non-hydrogen) atoms. The van der Waals surface area contributed by atoms with Crippen molar-refractivity contribution in [2.75, 3.05) is 33.4 Å². The highest BCUT2D eigenvalue weighted by Gasteiger charge is 2.04. The molecule has 0 bridgehead atoms. The monoisotopic (exact) mass is 273 g/mol. The maximum absolute atomic E-state index is 9.68. The average Bonchev–Trinajstić information content (AvgIpc) is 2.38. The van der Waals surface area contributed by atoms with Gasteiger partial charge in [-0.3, -0.25) is 0 Å². The molecule has 0 fully saturated rings. The van der Waals surface area contributed by atoms with Crippen LogP contribution < -0.4 is 10.1 Å². The second-order valence-corrected chi connectivity index (χ2v) is 4.41. The van der Waals surface area contributed by atoms with Crippen molar-refractivity contribution in [1.29, 1.82) is 0 Å². The third kappa shape index (κ3) is 6.81. The van der Waals surface area contributed by atoms with Gasteiger partial charge in [-0.15, -0.1) is 0 Å². The van der Waals surface area contributed by atoms with Gasteiger partial charge >= 0.3 is 0 Å². The molecule has 0 saturated carbocycles. The van der Waals surface area contributed by atoms with Gasteiger partial charge in [0, 0.05) is 25.3 Å². The lowest BCUT2D eigenvalue weighted by molar-refractivity contribution is 0.105. The SMILES string of the molecule is COCCCNCC(O)COc1ccc(Cl)cc1. The number of hydrogen-bond donors (Lipinski definition) is 2. The normalized spacial score (nSPS) is 12.4. The molecule has 0 amide bonds. The van der Waals surface area contributed by atoms with Crippen LogP contribution in [0, 0.1) is 0 Å². The summed E-state index contributed by atoms with van der Waals surface area (Å²) in [5.74, 6) is 0.706. The fourth-order valence-electron chi connectivity index (χ4n) is 1.39. The zero-order valence-corrected chi connectivity index (χ0v) is 11.3. The molecule has 0 saturated heterocycles. The number of halogens is 1. The van der Waals surface area contributed by atoms with Crippen molar-refractivity contribution in [3.8, 4) is 5.75 Å². The van der Waals surface area contributed by atoms with Crippen LogP contribution in [0.15, 0.2) is 24.3 Å². The van der Waals surface area contributed by atoms with Crippen LogP contribution >= 0.6 is 11.6 Å². The maximum Gasteiger partial charge on any atom is 0.119 e. The fraction of sp³-hybridized carbons (Fsp3) is 0.538. The summed E-state index contributed by atoms with van der Waals surface area (Å²) in [5.41, 5.74) is 0. The van der Waals surface area contributed by atoms with Crippen LogP contribution in [0.5, 0.6) is 5.75 Å². The van der Waals surface area contributed by atoms with Crippen molar-refractivity contribution in [3.05, 3.63) is 29.3 Å². The maximum atomic E-state index is 9.68. The average molecular weight is 274 g/mol. The third-order valence-corrected chi connectivity index (χ3v) is 2.59. The van der Waals surface area contributed by atoms with E-state index in [0.29, 0.717) is 17.3 Å². The number of ether oxygens (including phenoxy) is 2. The van der Waals surface area contributed by atoms with Crippen LogP contribution in [0.1, 0.15) is 6.42 Å². The van der Waals surface area contributed by atoms with Crippen molar-refractivity contribution < 1.29 is 14.6 Å². The molecule has 5 heteroatoms. The summed E-state index contributed by atoms with van der Waals surface area (Å²) in [6.07, 6.45) is 0.407. The number of aliphatic hydroxyl groups is 1. The zero-order chi connectivity index (χ0) is 13.2. The summed E-state index contributed by atoms with van der Waals surface area (Å²) in [6, 6.07) is 7.07. The third-order valence-electron chi connectivity index (χ3n) is 2.34. The largest absolute Gasteiger partial charge is 0.491 e. The van der Waals surface area contributed by atoms with Gasteiger partial charge in [0.2, 0.25) is 0 Å². The number of nitrogens with one attached hydrogen (secondary N) is 1. The molecule has 0 spiro atoms. The molecule has 0 heterocycles. The lowest BCUT2D eigenvalue weighted by atomic mass is 10.3. The molecule has 0 aromatic heterocycles. The van der Waals surface area contributed by atoms with Crippen LogP contribution in [-0.4, -0.2) is 44.6 Å². The first-order valence-corrected chi connectivity index (χ1v) is 6.36. The molecule has 1 aromatic rings. The molecule has 0 aliphatic heterocycles. The number of methoxy groups -OCH3 is 1. The molecule has 2 N–H and O–H groups in total. The van der Waals surface area contributed by atoms with Crippen molar-refractivity contribution in [2.24, 2.45) is 0 Å². The van der Waals surface area contributed by atoms with Gasteiger partial charge < -0.3 is 19.9 Å². The van der Waals surface area contributed by atoms with E-state index in [4.69, 9.17) is 21.1 Å². The molecular weight excluding hydrogens is 254 g/mol. The smallest absolute Gasteiger partial charge is 0.119 e. The van der Waals surface area contributed by atoms with Crippen LogP contribution in [0.2, 0.25) is 5.02 Å². The van der Waals surface area contributed by atoms with Gasteiger partial charge in [-0.25, -0.2) is 0 Å². The van der Waals surface area contributed by atoms with Gasteiger partial charge in [0.25, 0.3) is 0 Å². The van der Waals surface area contributed by atoms with Crippen molar-refractivity contribution in [2.45, 2.75) is 12.5 Å². The van der Waals surface area contributed by atoms with E-state index in [0.717, 1.165) is 19.6 Å². The minimum absolute atomic E-state index is 0.263. The zero-order valence-electron chi connectivity index (χ0n) is 10.6. The van der Waals surface area contributed by atoms with Crippen molar-refractivity contribution in [1.82, 2.24) is 5.32 Å². The quantitative estimate of drug-likeness (QED) is 0.673. The highest BCUT2D eigenvalue weighted by atomic mass is 35.5. The molecule has 1 atom stereocenters. The Morgan fingerprint density at radius 1 is 1.33 bits per heavy atom. The van der Waals surface area contributed by atoms with E-state index in [1.807, 2.05) is 0 Å². The van der Waals surface area contributed by atoms with E-state index in [1.165, 1.54) is 0 Å². The van der Waals surface area contributed by atoms with Gasteiger partial charge in [0.15, 0.2) is 0 Å². The molecule has 0 aliphatic rings. The molecule has 4 nitrogen and oxygen atoms in total.